The van der Waals surface area contributed by atoms with Crippen molar-refractivity contribution in [1.29, 1.82) is 0 Å². The second kappa shape index (κ2) is 5.01. The number of amides is 1. The van der Waals surface area contributed by atoms with Crippen LogP contribution in [0.15, 0.2) is 18.3 Å². The molecule has 6 heteroatoms. The number of allylic oxidation sites excluding steroid dienone is 2. The van der Waals surface area contributed by atoms with Gasteiger partial charge in [0, 0.05) is 11.1 Å². The summed E-state index contributed by atoms with van der Waals surface area (Å²) in [5.41, 5.74) is 0. The van der Waals surface area contributed by atoms with Crippen LogP contribution in [0.2, 0.25) is 0 Å². The van der Waals surface area contributed by atoms with E-state index in [-0.39, 0.29) is 17.7 Å². The highest BCUT2D eigenvalue weighted by Crippen LogP contribution is 2.48. The van der Waals surface area contributed by atoms with E-state index < -0.39 is 17.8 Å². The van der Waals surface area contributed by atoms with Gasteiger partial charge in [0.15, 0.2) is 0 Å². The van der Waals surface area contributed by atoms with Crippen LogP contribution in [-0.4, -0.2) is 22.0 Å². The molecule has 0 aliphatic heterocycles. The van der Waals surface area contributed by atoms with Crippen molar-refractivity contribution in [1.82, 2.24) is 10.3 Å². The molecule has 0 saturated heterocycles. The van der Waals surface area contributed by atoms with E-state index in [0.717, 1.165) is 16.3 Å². The fourth-order valence-corrected chi connectivity index (χ4v) is 4.03. The number of carbonyl (C=O) groups is 2. The Labute approximate surface area is 120 Å². The van der Waals surface area contributed by atoms with Crippen LogP contribution in [0, 0.1) is 30.6 Å². The van der Waals surface area contributed by atoms with Crippen molar-refractivity contribution in [3.63, 3.8) is 0 Å². The molecule has 20 heavy (non-hydrogen) atoms. The Bertz CT molecular complexity index is 581. The Morgan fingerprint density at radius 1 is 1.40 bits per heavy atom. The first-order valence-corrected chi connectivity index (χ1v) is 7.48. The molecule has 4 atom stereocenters. The van der Waals surface area contributed by atoms with Crippen molar-refractivity contribution in [2.24, 2.45) is 23.7 Å². The predicted molar refractivity (Wildman–Crippen MR) is 74.1 cm³/mol. The highest BCUT2D eigenvalue weighted by molar-refractivity contribution is 7.11. The molecule has 0 spiro atoms. The lowest BCUT2D eigenvalue weighted by molar-refractivity contribution is -0.147. The van der Waals surface area contributed by atoms with Gasteiger partial charge in [-0.1, -0.05) is 12.2 Å². The maximum atomic E-state index is 12.3. The largest absolute Gasteiger partial charge is 0.481 e. The van der Waals surface area contributed by atoms with Gasteiger partial charge in [-0.25, -0.2) is 4.98 Å². The molecular weight excluding hydrogens is 276 g/mol. The number of aryl methyl sites for hydroxylation is 1. The summed E-state index contributed by atoms with van der Waals surface area (Å²) in [6.45, 7) is 2.34. The van der Waals surface area contributed by atoms with Crippen LogP contribution < -0.4 is 5.32 Å². The minimum atomic E-state index is -0.865. The highest BCUT2D eigenvalue weighted by atomic mass is 32.1. The molecule has 2 aliphatic rings. The molecule has 1 fully saturated rings. The van der Waals surface area contributed by atoms with Crippen LogP contribution in [0.3, 0.4) is 0 Å². The quantitative estimate of drug-likeness (QED) is 0.826. The van der Waals surface area contributed by atoms with Gasteiger partial charge in [0.2, 0.25) is 5.91 Å². The predicted octanol–water partition coefficient (Wildman–Crippen LogP) is 1.59. The molecule has 1 amide bonds. The topological polar surface area (TPSA) is 79.3 Å². The van der Waals surface area contributed by atoms with E-state index in [0.29, 0.717) is 6.54 Å². The van der Waals surface area contributed by atoms with Crippen LogP contribution in [0.1, 0.15) is 16.3 Å². The van der Waals surface area contributed by atoms with Crippen molar-refractivity contribution in [2.45, 2.75) is 19.9 Å². The zero-order chi connectivity index (χ0) is 14.3. The van der Waals surface area contributed by atoms with Gasteiger partial charge < -0.3 is 10.4 Å². The molecule has 1 saturated carbocycles. The van der Waals surface area contributed by atoms with Crippen molar-refractivity contribution in [3.8, 4) is 0 Å². The fraction of sp³-hybridized carbons (Fsp3) is 0.500. The van der Waals surface area contributed by atoms with E-state index in [1.165, 1.54) is 11.3 Å². The van der Waals surface area contributed by atoms with Crippen LogP contribution in [-0.2, 0) is 16.1 Å². The minimum Gasteiger partial charge on any atom is -0.481 e. The van der Waals surface area contributed by atoms with Gasteiger partial charge in [0.1, 0.15) is 0 Å². The lowest BCUT2D eigenvalue weighted by Crippen LogP contribution is -2.39. The highest BCUT2D eigenvalue weighted by Gasteiger charge is 2.51. The fourth-order valence-electron chi connectivity index (χ4n) is 3.30. The summed E-state index contributed by atoms with van der Waals surface area (Å²) >= 11 is 1.54. The number of carboxylic acids is 1. The third-order valence-electron chi connectivity index (χ3n) is 4.15. The van der Waals surface area contributed by atoms with E-state index in [4.69, 9.17) is 0 Å². The number of nitrogens with one attached hydrogen (secondary N) is 1. The number of aliphatic carboxylic acids is 1. The summed E-state index contributed by atoms with van der Waals surface area (Å²) in [6.07, 6.45) is 6.47. The maximum Gasteiger partial charge on any atom is 0.307 e. The number of aromatic nitrogens is 1. The van der Waals surface area contributed by atoms with Crippen LogP contribution >= 0.6 is 11.3 Å². The molecule has 2 aliphatic carbocycles. The molecule has 2 bridgehead atoms. The molecule has 1 aromatic rings. The first kappa shape index (κ1) is 13.3. The molecule has 106 valence electrons. The second-order valence-corrected chi connectivity index (χ2v) is 6.72. The average molecular weight is 292 g/mol. The average Bonchev–Trinajstić information content (AvgIpc) is 3.10. The monoisotopic (exact) mass is 292 g/mol. The number of hydrogen-bond donors (Lipinski definition) is 2. The summed E-state index contributed by atoms with van der Waals surface area (Å²) in [6, 6.07) is 0. The summed E-state index contributed by atoms with van der Waals surface area (Å²) in [7, 11) is 0. The van der Waals surface area contributed by atoms with Crippen molar-refractivity contribution < 1.29 is 14.7 Å². The number of nitrogens with zero attached hydrogens (tertiary/aromatic N) is 1. The molecule has 2 N–H and O–H groups in total. The zero-order valence-corrected chi connectivity index (χ0v) is 11.9. The smallest absolute Gasteiger partial charge is 0.307 e. The molecule has 0 aromatic carbocycles. The van der Waals surface area contributed by atoms with Gasteiger partial charge >= 0.3 is 5.97 Å². The molecular formula is C14H16N2O3S. The molecule has 1 aromatic heterocycles. The van der Waals surface area contributed by atoms with Crippen molar-refractivity contribution >= 4 is 23.2 Å². The van der Waals surface area contributed by atoms with Crippen LogP contribution in [0.4, 0.5) is 0 Å². The zero-order valence-electron chi connectivity index (χ0n) is 11.1. The number of fused-ring (bicyclic) bond motifs is 2. The molecule has 2 unspecified atom stereocenters. The SMILES string of the molecule is Cc1ncc(CNC(=O)[C@H]2C3C=CC(C3)[C@H]2C(=O)O)s1. The molecule has 0 radical (unpaired) electrons. The maximum absolute atomic E-state index is 12.3. The van der Waals surface area contributed by atoms with Gasteiger partial charge in [-0.15, -0.1) is 11.3 Å². The number of rotatable bonds is 4. The number of carbonyl (C=O) groups excluding carboxylic acids is 1. The summed E-state index contributed by atoms with van der Waals surface area (Å²) < 4.78 is 0. The first-order valence-electron chi connectivity index (χ1n) is 6.66. The van der Waals surface area contributed by atoms with Crippen molar-refractivity contribution in [2.75, 3.05) is 0 Å². The third kappa shape index (κ3) is 2.24. The van der Waals surface area contributed by atoms with Crippen LogP contribution in [0.25, 0.3) is 0 Å². The molecule has 1 heterocycles. The number of hydrogen-bond acceptors (Lipinski definition) is 4. The van der Waals surface area contributed by atoms with E-state index in [2.05, 4.69) is 10.3 Å². The van der Waals surface area contributed by atoms with Gasteiger partial charge in [-0.3, -0.25) is 9.59 Å². The lowest BCUT2D eigenvalue weighted by Gasteiger charge is -2.23. The summed E-state index contributed by atoms with van der Waals surface area (Å²) in [5, 5.41) is 13.1. The Morgan fingerprint density at radius 2 is 2.10 bits per heavy atom. The standard InChI is InChI=1S/C14H16N2O3S/c1-7-15-5-10(20-7)6-16-13(17)11-8-2-3-9(4-8)12(11)14(18)19/h2-3,5,8-9,11-12H,4,6H2,1H3,(H,16,17)(H,18,19)/t8?,9?,11-,12+/m0/s1. The lowest BCUT2D eigenvalue weighted by atomic mass is 9.82. The molecule has 5 nitrogen and oxygen atoms in total. The summed E-state index contributed by atoms with van der Waals surface area (Å²) in [5.74, 6) is -1.94. The van der Waals surface area contributed by atoms with Crippen LogP contribution in [0.5, 0.6) is 0 Å². The third-order valence-corrected chi connectivity index (χ3v) is 5.07. The Hall–Kier alpha value is -1.69. The minimum absolute atomic E-state index is 0.0129. The second-order valence-electron chi connectivity index (χ2n) is 5.40. The van der Waals surface area contributed by atoms with Gasteiger partial charge in [-0.2, -0.15) is 0 Å². The number of carboxylic acid groups (broad SMARTS) is 1. The first-order chi connectivity index (χ1) is 9.56. The van der Waals surface area contributed by atoms with E-state index in [1.54, 1.807) is 6.20 Å². The number of thiazole rings is 1. The normalized spacial score (nSPS) is 30.6. The van der Waals surface area contributed by atoms with Gasteiger partial charge in [0.25, 0.3) is 0 Å². The van der Waals surface area contributed by atoms with E-state index in [1.807, 2.05) is 19.1 Å². The van der Waals surface area contributed by atoms with E-state index in [9.17, 15) is 14.7 Å². The van der Waals surface area contributed by atoms with Crippen molar-refractivity contribution in [3.05, 3.63) is 28.2 Å². The Kier molecular flexibility index (Phi) is 3.33. The van der Waals surface area contributed by atoms with E-state index >= 15 is 0 Å². The van der Waals surface area contributed by atoms with Gasteiger partial charge in [0.05, 0.1) is 23.4 Å². The molecule has 3 rings (SSSR count). The van der Waals surface area contributed by atoms with Gasteiger partial charge in [-0.05, 0) is 25.2 Å². The summed E-state index contributed by atoms with van der Waals surface area (Å²) in [4.78, 5) is 28.8. The Morgan fingerprint density at radius 3 is 2.70 bits per heavy atom. The Balaban J connectivity index is 1.67.